The summed E-state index contributed by atoms with van der Waals surface area (Å²) >= 11 is 0. The molecule has 0 aliphatic carbocycles. The molecule has 0 aliphatic heterocycles. The molecule has 0 saturated heterocycles. The monoisotopic (exact) mass is 452 g/mol. The molecular weight excluding hydrogens is 445 g/mol. The van der Waals surface area contributed by atoms with Gasteiger partial charge in [-0.05, 0) is 23.1 Å². The molecule has 12 heteroatoms. The van der Waals surface area contributed by atoms with Gasteiger partial charge in [0, 0.05) is 17.6 Å². The van der Waals surface area contributed by atoms with Crippen LogP contribution in [0.25, 0.3) is 0 Å². The smallest absolute Gasteiger partial charge is 0.257 e. The van der Waals surface area contributed by atoms with Crippen molar-refractivity contribution < 1.29 is 48.6 Å². The van der Waals surface area contributed by atoms with Crippen LogP contribution in [0.3, 0.4) is 0 Å². The molecule has 0 fully saturated rings. The van der Waals surface area contributed by atoms with Crippen molar-refractivity contribution in [3.63, 3.8) is 0 Å². The number of ether oxygens (including phenoxy) is 1. The Hall–Kier alpha value is -3.18. The molecule has 3 rings (SSSR count). The molecule has 0 aromatic heterocycles. The third kappa shape index (κ3) is 3.70. The van der Waals surface area contributed by atoms with E-state index in [0.717, 1.165) is 0 Å². The Morgan fingerprint density at radius 3 is 1.42 bits per heavy atom. The highest BCUT2D eigenvalue weighted by molar-refractivity contribution is 6.95. The minimum Gasteiger partial charge on any atom is -0.491 e. The van der Waals surface area contributed by atoms with Crippen molar-refractivity contribution in [2.45, 2.75) is 0 Å². The van der Waals surface area contributed by atoms with Crippen LogP contribution >= 0.6 is 0 Å². The molecular formula is C19H7BF10O. The summed E-state index contributed by atoms with van der Waals surface area (Å²) in [7, 11) is 0.641. The predicted octanol–water partition coefficient (Wildman–Crippen LogP) is 3.60. The van der Waals surface area contributed by atoms with Gasteiger partial charge in [0.15, 0.2) is 46.5 Å². The average molecular weight is 452 g/mol. The average Bonchev–Trinajstić information content (AvgIpc) is 2.70. The number of hydrogen-bond donors (Lipinski definition) is 0. The Kier molecular flexibility index (Phi) is 5.92. The van der Waals surface area contributed by atoms with Crippen LogP contribution in [0.4, 0.5) is 43.9 Å². The summed E-state index contributed by atoms with van der Waals surface area (Å²) in [5.74, 6) is -21.3. The minimum absolute atomic E-state index is 0.0248. The molecule has 0 amide bonds. The van der Waals surface area contributed by atoms with Gasteiger partial charge < -0.3 is 4.74 Å². The van der Waals surface area contributed by atoms with Gasteiger partial charge in [-0.1, -0.05) is 0 Å². The molecule has 31 heavy (non-hydrogen) atoms. The lowest BCUT2D eigenvalue weighted by Crippen LogP contribution is -2.57. The van der Waals surface area contributed by atoms with Crippen molar-refractivity contribution in [2.24, 2.45) is 0 Å². The highest BCUT2D eigenvalue weighted by atomic mass is 19.2. The first kappa shape index (κ1) is 22.5. The minimum atomic E-state index is -2.70. The van der Waals surface area contributed by atoms with E-state index in [0.29, 0.717) is 7.11 Å². The van der Waals surface area contributed by atoms with Crippen LogP contribution in [0.15, 0.2) is 24.3 Å². The third-order valence-corrected chi connectivity index (χ3v) is 4.41. The Morgan fingerprint density at radius 2 is 1.00 bits per heavy atom. The zero-order valence-corrected chi connectivity index (χ0v) is 15.1. The Morgan fingerprint density at radius 1 is 0.548 bits per heavy atom. The van der Waals surface area contributed by atoms with Crippen molar-refractivity contribution in [1.29, 1.82) is 0 Å². The van der Waals surface area contributed by atoms with Crippen LogP contribution in [0.2, 0.25) is 0 Å². The first-order chi connectivity index (χ1) is 14.5. The van der Waals surface area contributed by atoms with Crippen LogP contribution in [0.1, 0.15) is 0 Å². The Labute approximate surface area is 168 Å². The summed E-state index contributed by atoms with van der Waals surface area (Å²) in [6, 6.07) is 0.351. The van der Waals surface area contributed by atoms with Gasteiger partial charge in [0.05, 0.1) is 7.11 Å². The molecule has 0 atom stereocenters. The van der Waals surface area contributed by atoms with E-state index in [1.54, 1.807) is 0 Å². The molecule has 3 aromatic carbocycles. The van der Waals surface area contributed by atoms with Gasteiger partial charge in [-0.3, -0.25) is 0 Å². The predicted molar refractivity (Wildman–Crippen MR) is 90.1 cm³/mol. The van der Waals surface area contributed by atoms with Crippen molar-refractivity contribution in [3.05, 3.63) is 82.4 Å². The van der Waals surface area contributed by atoms with Crippen molar-refractivity contribution in [3.8, 4) is 5.75 Å². The first-order valence-electron chi connectivity index (χ1n) is 8.18. The zero-order valence-electron chi connectivity index (χ0n) is 15.1. The summed E-state index contributed by atoms with van der Waals surface area (Å²) in [5, 5.41) is 0. The van der Waals surface area contributed by atoms with Gasteiger partial charge in [-0.25, -0.2) is 39.5 Å². The topological polar surface area (TPSA) is 9.23 Å². The second-order valence-corrected chi connectivity index (χ2v) is 6.22. The molecule has 1 nitrogen and oxygen atoms in total. The van der Waals surface area contributed by atoms with Crippen LogP contribution in [-0.4, -0.2) is 13.8 Å². The van der Waals surface area contributed by atoms with Crippen molar-refractivity contribution >= 4 is 23.1 Å². The van der Waals surface area contributed by atoms with E-state index in [2.05, 4.69) is 4.74 Å². The number of halogens is 10. The van der Waals surface area contributed by atoms with Gasteiger partial charge in [0.2, 0.25) is 5.82 Å². The van der Waals surface area contributed by atoms with E-state index in [1.165, 1.54) is 0 Å². The summed E-state index contributed by atoms with van der Waals surface area (Å²) in [6.07, 6.45) is 0. The molecule has 0 aliphatic rings. The molecule has 0 unspecified atom stereocenters. The van der Waals surface area contributed by atoms with Gasteiger partial charge >= 0.3 is 0 Å². The van der Waals surface area contributed by atoms with E-state index in [-0.39, 0.29) is 24.3 Å². The van der Waals surface area contributed by atoms with E-state index in [1.807, 2.05) is 0 Å². The molecule has 0 bridgehead atoms. The third-order valence-electron chi connectivity index (χ3n) is 4.41. The highest BCUT2D eigenvalue weighted by Crippen LogP contribution is 2.25. The largest absolute Gasteiger partial charge is 0.491 e. The quantitative estimate of drug-likeness (QED) is 0.255. The van der Waals surface area contributed by atoms with Gasteiger partial charge in [0.25, 0.3) is 6.71 Å². The molecule has 0 saturated carbocycles. The second-order valence-electron chi connectivity index (χ2n) is 6.22. The van der Waals surface area contributed by atoms with E-state index in [9.17, 15) is 43.9 Å². The fourth-order valence-corrected chi connectivity index (χ4v) is 3.11. The number of rotatable bonds is 4. The number of benzene rings is 3. The molecule has 0 heterocycles. The van der Waals surface area contributed by atoms with E-state index < -0.39 is 87.0 Å². The SMILES string of the molecule is COc1c(F)c(F)c(F)c(B(c2cc(F)cc(F)c2F)c2cc(F)cc(F)c2F)c1F. The summed E-state index contributed by atoms with van der Waals surface area (Å²) in [5.41, 5.74) is -4.41. The van der Waals surface area contributed by atoms with Crippen molar-refractivity contribution in [2.75, 3.05) is 7.11 Å². The second kappa shape index (κ2) is 8.16. The van der Waals surface area contributed by atoms with Crippen molar-refractivity contribution in [1.82, 2.24) is 0 Å². The fraction of sp³-hybridized carbons (Fsp3) is 0.0526. The first-order valence-corrected chi connectivity index (χ1v) is 8.18. The van der Waals surface area contributed by atoms with Crippen LogP contribution in [-0.2, 0) is 0 Å². The van der Waals surface area contributed by atoms with E-state index >= 15 is 0 Å². The molecule has 0 spiro atoms. The lowest BCUT2D eigenvalue weighted by Gasteiger charge is -2.20. The standard InChI is InChI=1S/C19H7BF10O/c1-31-19-16(28)12(15(27)17(29)18(19)30)20(8-2-6(21)4-10(23)13(8)25)9-3-7(22)5-11(24)14(9)26/h2-5H,1H3. The fourth-order valence-electron chi connectivity index (χ4n) is 3.11. The van der Waals surface area contributed by atoms with Gasteiger partial charge in [0.1, 0.15) is 11.6 Å². The van der Waals surface area contributed by atoms with Gasteiger partial charge in [-0.15, -0.1) is 0 Å². The normalized spacial score (nSPS) is 11.1. The summed E-state index contributed by atoms with van der Waals surface area (Å²) in [6.45, 7) is -2.70. The lowest BCUT2D eigenvalue weighted by molar-refractivity contribution is 0.338. The maximum absolute atomic E-state index is 14.9. The summed E-state index contributed by atoms with van der Waals surface area (Å²) < 4.78 is 146. The Bertz CT molecular complexity index is 1140. The van der Waals surface area contributed by atoms with Crippen LogP contribution in [0.5, 0.6) is 5.75 Å². The molecule has 0 radical (unpaired) electrons. The zero-order chi connectivity index (χ0) is 23.2. The van der Waals surface area contributed by atoms with E-state index in [4.69, 9.17) is 0 Å². The molecule has 3 aromatic rings. The maximum Gasteiger partial charge on any atom is 0.257 e. The summed E-state index contributed by atoms with van der Waals surface area (Å²) in [4.78, 5) is 0. The highest BCUT2D eigenvalue weighted by Gasteiger charge is 2.39. The molecule has 162 valence electrons. The number of hydrogen-bond acceptors (Lipinski definition) is 1. The maximum atomic E-state index is 14.9. The molecule has 0 N–H and O–H groups in total. The Balaban J connectivity index is 2.53. The lowest BCUT2D eigenvalue weighted by atomic mass is 9.36. The van der Waals surface area contributed by atoms with Gasteiger partial charge in [-0.2, -0.15) is 4.39 Å². The van der Waals surface area contributed by atoms with Crippen LogP contribution < -0.4 is 21.1 Å². The number of methoxy groups -OCH3 is 1. The van der Waals surface area contributed by atoms with Crippen LogP contribution in [0, 0.1) is 58.2 Å².